The summed E-state index contributed by atoms with van der Waals surface area (Å²) in [7, 11) is 0. The Labute approximate surface area is 175 Å². The molecule has 0 fully saturated rings. The molecule has 0 bridgehead atoms. The number of para-hydroxylation sites is 1. The Morgan fingerprint density at radius 1 is 0.774 bits per heavy atom. The number of hydrogen-bond donors (Lipinski definition) is 1. The highest BCUT2D eigenvalue weighted by Crippen LogP contribution is 2.46. The molecular weight excluding hydrogens is 403 g/mol. The lowest BCUT2D eigenvalue weighted by molar-refractivity contribution is -0.247. The molecule has 0 saturated carbocycles. The van der Waals surface area contributed by atoms with Crippen LogP contribution in [0.5, 0.6) is 0 Å². The monoisotopic (exact) mass is 419 g/mol. The van der Waals surface area contributed by atoms with Crippen molar-refractivity contribution >= 4 is 21.7 Å². The molecule has 154 valence electrons. The lowest BCUT2D eigenvalue weighted by atomic mass is 9.83. The highest BCUT2D eigenvalue weighted by atomic mass is 19.4. The summed E-state index contributed by atoms with van der Waals surface area (Å²) in [6.45, 7) is 0. The van der Waals surface area contributed by atoms with Crippen molar-refractivity contribution in [3.05, 3.63) is 103 Å². The van der Waals surface area contributed by atoms with Crippen molar-refractivity contribution in [2.24, 2.45) is 0 Å². The number of aliphatic hydroxyl groups is 1. The molecule has 2 heterocycles. The van der Waals surface area contributed by atoms with E-state index in [1.807, 2.05) is 30.3 Å². The zero-order valence-electron chi connectivity index (χ0n) is 16.1. The summed E-state index contributed by atoms with van der Waals surface area (Å²) in [5, 5.41) is 16.8. The van der Waals surface area contributed by atoms with Gasteiger partial charge in [-0.05, 0) is 35.2 Å². The van der Waals surface area contributed by atoms with Crippen LogP contribution in [-0.4, -0.2) is 26.0 Å². The van der Waals surface area contributed by atoms with Crippen molar-refractivity contribution in [3.8, 4) is 5.69 Å². The third kappa shape index (κ3) is 2.97. The van der Waals surface area contributed by atoms with Crippen LogP contribution in [0.1, 0.15) is 11.1 Å². The highest BCUT2D eigenvalue weighted by molar-refractivity contribution is 5.87. The molecule has 3 aromatic carbocycles. The standard InChI is InChI=1S/C24H16F3N3O/c25-24(26,27)23(31,21-15-28-13-16-6-4-5-9-20(16)21)18-10-11-22-17(12-18)14-29-30(22)19-7-2-1-3-8-19/h1-15,31H. The molecular formula is C24H16F3N3O. The van der Waals surface area contributed by atoms with E-state index in [0.717, 1.165) is 11.9 Å². The Morgan fingerprint density at radius 3 is 2.29 bits per heavy atom. The first-order valence-electron chi connectivity index (χ1n) is 9.55. The van der Waals surface area contributed by atoms with Gasteiger partial charge in [-0.1, -0.05) is 48.5 Å². The van der Waals surface area contributed by atoms with Gasteiger partial charge in [0.25, 0.3) is 0 Å². The zero-order chi connectivity index (χ0) is 21.6. The number of nitrogens with zero attached hydrogens (tertiary/aromatic N) is 3. The fraction of sp³-hybridized carbons (Fsp3) is 0.0833. The molecule has 2 aromatic heterocycles. The Kier molecular flexibility index (Phi) is 4.30. The van der Waals surface area contributed by atoms with E-state index in [4.69, 9.17) is 0 Å². The molecule has 0 aliphatic rings. The topological polar surface area (TPSA) is 50.9 Å². The Morgan fingerprint density at radius 2 is 1.52 bits per heavy atom. The van der Waals surface area contributed by atoms with Gasteiger partial charge < -0.3 is 5.11 Å². The van der Waals surface area contributed by atoms with Gasteiger partial charge in [-0.25, -0.2) is 4.68 Å². The second-order valence-electron chi connectivity index (χ2n) is 7.28. The van der Waals surface area contributed by atoms with Gasteiger partial charge in [0.2, 0.25) is 5.60 Å². The maximum Gasteiger partial charge on any atom is 0.425 e. The van der Waals surface area contributed by atoms with E-state index in [1.165, 1.54) is 24.5 Å². The maximum absolute atomic E-state index is 14.4. The quantitative estimate of drug-likeness (QED) is 0.428. The van der Waals surface area contributed by atoms with Gasteiger partial charge in [-0.15, -0.1) is 0 Å². The normalized spacial score (nSPS) is 14.1. The van der Waals surface area contributed by atoms with Gasteiger partial charge in [0.05, 0.1) is 17.4 Å². The average Bonchev–Trinajstić information content (AvgIpc) is 3.21. The van der Waals surface area contributed by atoms with Crippen LogP contribution < -0.4 is 0 Å². The fourth-order valence-corrected chi connectivity index (χ4v) is 3.91. The Bertz CT molecular complexity index is 1390. The molecule has 1 unspecified atom stereocenters. The Hall–Kier alpha value is -3.71. The number of alkyl halides is 3. The van der Waals surface area contributed by atoms with E-state index >= 15 is 0 Å². The molecule has 0 radical (unpaired) electrons. The lowest BCUT2D eigenvalue weighted by Gasteiger charge is -2.32. The van der Waals surface area contributed by atoms with Crippen LogP contribution in [-0.2, 0) is 5.60 Å². The van der Waals surface area contributed by atoms with Gasteiger partial charge >= 0.3 is 6.18 Å². The van der Waals surface area contributed by atoms with Crippen LogP contribution in [0, 0.1) is 0 Å². The van der Waals surface area contributed by atoms with Crippen LogP contribution in [0.15, 0.2) is 91.4 Å². The van der Waals surface area contributed by atoms with E-state index in [1.54, 1.807) is 35.0 Å². The molecule has 31 heavy (non-hydrogen) atoms. The first-order valence-corrected chi connectivity index (χ1v) is 9.55. The fourth-order valence-electron chi connectivity index (χ4n) is 3.91. The summed E-state index contributed by atoms with van der Waals surface area (Å²) in [6, 6.07) is 20.0. The SMILES string of the molecule is OC(c1ccc2c(cnn2-c2ccccc2)c1)(c1cncc2ccccc12)C(F)(F)F. The van der Waals surface area contributed by atoms with Crippen LogP contribution in [0.3, 0.4) is 0 Å². The zero-order valence-corrected chi connectivity index (χ0v) is 16.1. The summed E-state index contributed by atoms with van der Waals surface area (Å²) in [6.07, 6.45) is -0.929. The molecule has 0 saturated heterocycles. The second-order valence-corrected chi connectivity index (χ2v) is 7.28. The van der Waals surface area contributed by atoms with E-state index in [9.17, 15) is 18.3 Å². The van der Waals surface area contributed by atoms with Gasteiger partial charge in [-0.3, -0.25) is 4.98 Å². The molecule has 1 N–H and O–H groups in total. The summed E-state index contributed by atoms with van der Waals surface area (Å²) in [5.41, 5.74) is -2.42. The molecule has 0 aliphatic carbocycles. The molecule has 7 heteroatoms. The van der Waals surface area contributed by atoms with Gasteiger partial charge in [0, 0.05) is 28.7 Å². The summed E-state index contributed by atoms with van der Waals surface area (Å²) in [5.74, 6) is 0. The minimum absolute atomic E-state index is 0.289. The lowest BCUT2D eigenvalue weighted by Crippen LogP contribution is -2.43. The van der Waals surface area contributed by atoms with Crippen molar-refractivity contribution in [2.75, 3.05) is 0 Å². The maximum atomic E-state index is 14.4. The third-order valence-electron chi connectivity index (χ3n) is 5.45. The van der Waals surface area contributed by atoms with E-state index in [0.29, 0.717) is 16.3 Å². The third-order valence-corrected chi connectivity index (χ3v) is 5.45. The van der Waals surface area contributed by atoms with Crippen molar-refractivity contribution in [3.63, 3.8) is 0 Å². The second kappa shape index (κ2) is 6.92. The number of rotatable bonds is 3. The van der Waals surface area contributed by atoms with Gasteiger partial charge in [-0.2, -0.15) is 18.3 Å². The number of benzene rings is 3. The van der Waals surface area contributed by atoms with Crippen LogP contribution >= 0.6 is 0 Å². The van der Waals surface area contributed by atoms with E-state index in [-0.39, 0.29) is 16.5 Å². The number of pyridine rings is 1. The number of aromatic nitrogens is 3. The van der Waals surface area contributed by atoms with Crippen LogP contribution in [0.4, 0.5) is 13.2 Å². The molecule has 5 aromatic rings. The van der Waals surface area contributed by atoms with Crippen molar-refractivity contribution in [1.29, 1.82) is 0 Å². The van der Waals surface area contributed by atoms with Crippen LogP contribution in [0.2, 0.25) is 0 Å². The molecule has 1 atom stereocenters. The van der Waals surface area contributed by atoms with Crippen molar-refractivity contribution in [2.45, 2.75) is 11.8 Å². The molecule has 0 aliphatic heterocycles. The minimum Gasteiger partial charge on any atom is -0.372 e. The van der Waals surface area contributed by atoms with Gasteiger partial charge in [0.1, 0.15) is 0 Å². The van der Waals surface area contributed by atoms with Crippen molar-refractivity contribution < 1.29 is 18.3 Å². The predicted molar refractivity (Wildman–Crippen MR) is 112 cm³/mol. The van der Waals surface area contributed by atoms with E-state index < -0.39 is 11.8 Å². The first-order chi connectivity index (χ1) is 14.9. The largest absolute Gasteiger partial charge is 0.425 e. The molecule has 0 amide bonds. The molecule has 4 nitrogen and oxygen atoms in total. The molecule has 5 rings (SSSR count). The first kappa shape index (κ1) is 19.3. The van der Waals surface area contributed by atoms with Crippen molar-refractivity contribution in [1.82, 2.24) is 14.8 Å². The minimum atomic E-state index is -4.97. The highest BCUT2D eigenvalue weighted by Gasteiger charge is 2.57. The average molecular weight is 419 g/mol. The smallest absolute Gasteiger partial charge is 0.372 e. The number of halogens is 3. The Balaban J connectivity index is 1.73. The van der Waals surface area contributed by atoms with Gasteiger partial charge in [0.15, 0.2) is 0 Å². The summed E-state index contributed by atoms with van der Waals surface area (Å²) in [4.78, 5) is 3.95. The number of fused-ring (bicyclic) bond motifs is 2. The molecule has 0 spiro atoms. The number of hydrogen-bond acceptors (Lipinski definition) is 3. The van der Waals surface area contributed by atoms with Crippen LogP contribution in [0.25, 0.3) is 27.4 Å². The summed E-state index contributed by atoms with van der Waals surface area (Å²) < 4.78 is 44.8. The van der Waals surface area contributed by atoms with E-state index in [2.05, 4.69) is 10.1 Å². The summed E-state index contributed by atoms with van der Waals surface area (Å²) >= 11 is 0. The predicted octanol–water partition coefficient (Wildman–Crippen LogP) is 5.37.